The van der Waals surface area contributed by atoms with E-state index in [1.807, 2.05) is 0 Å². The minimum absolute atomic E-state index is 0.233. The molecule has 4 N–H and O–H groups in total. The maximum atomic E-state index is 9.17. The molecule has 0 aliphatic heterocycles. The van der Waals surface area contributed by atoms with Crippen molar-refractivity contribution in [3.8, 4) is 0 Å². The average molecular weight is 231 g/mol. The molecule has 0 heterocycles. The first-order valence-electron chi connectivity index (χ1n) is 6.23. The minimum atomic E-state index is -0.914. The molecule has 0 unspecified atom stereocenters. The highest BCUT2D eigenvalue weighted by molar-refractivity contribution is 4.87. The largest absolute Gasteiger partial charge is 0.394 e. The van der Waals surface area contributed by atoms with E-state index >= 15 is 0 Å². The Balaban J connectivity index is 2.32. The lowest BCUT2D eigenvalue weighted by atomic mass is 9.82. The smallest absolute Gasteiger partial charge is 0.0881 e. The van der Waals surface area contributed by atoms with Crippen molar-refractivity contribution in [3.63, 3.8) is 0 Å². The lowest BCUT2D eigenvalue weighted by Gasteiger charge is -2.33. The first kappa shape index (κ1) is 13.9. The first-order chi connectivity index (χ1) is 7.65. The summed E-state index contributed by atoms with van der Waals surface area (Å²) in [5, 5.41) is 30.6. The van der Waals surface area contributed by atoms with E-state index in [2.05, 4.69) is 12.2 Å². The van der Waals surface area contributed by atoms with E-state index in [9.17, 15) is 0 Å². The van der Waals surface area contributed by atoms with Gasteiger partial charge in [-0.3, -0.25) is 0 Å². The summed E-state index contributed by atoms with van der Waals surface area (Å²) in [6.45, 7) is 2.35. The number of aliphatic hydroxyl groups excluding tert-OH is 3. The zero-order chi connectivity index (χ0) is 12.0. The van der Waals surface area contributed by atoms with Crippen LogP contribution in [0.25, 0.3) is 0 Å². The highest BCUT2D eigenvalue weighted by Crippen LogP contribution is 2.27. The molecule has 0 amide bonds. The molecule has 0 atom stereocenters. The van der Waals surface area contributed by atoms with Gasteiger partial charge in [-0.2, -0.15) is 0 Å². The molecule has 1 aliphatic rings. The summed E-state index contributed by atoms with van der Waals surface area (Å²) in [7, 11) is 0. The van der Waals surface area contributed by atoms with Crippen LogP contribution in [0.2, 0.25) is 0 Å². The SMILES string of the molecule is CC1CCC(CNC(CO)(CO)CO)CC1. The van der Waals surface area contributed by atoms with Crippen LogP contribution in [0.4, 0.5) is 0 Å². The van der Waals surface area contributed by atoms with Crippen molar-refractivity contribution >= 4 is 0 Å². The standard InChI is InChI=1S/C12H25NO3/c1-10-2-4-11(5-3-10)6-13-12(7-14,8-15)9-16/h10-11,13-16H,2-9H2,1H3. The summed E-state index contributed by atoms with van der Waals surface area (Å²) < 4.78 is 0. The van der Waals surface area contributed by atoms with Gasteiger partial charge in [0, 0.05) is 0 Å². The van der Waals surface area contributed by atoms with Crippen LogP contribution in [0.15, 0.2) is 0 Å². The van der Waals surface area contributed by atoms with Gasteiger partial charge in [0.15, 0.2) is 0 Å². The summed E-state index contributed by atoms with van der Waals surface area (Å²) in [6, 6.07) is 0. The maximum Gasteiger partial charge on any atom is 0.0881 e. The van der Waals surface area contributed by atoms with E-state index in [-0.39, 0.29) is 19.8 Å². The fourth-order valence-corrected chi connectivity index (χ4v) is 2.21. The molecule has 0 aromatic rings. The number of nitrogens with one attached hydrogen (secondary N) is 1. The highest BCUT2D eigenvalue weighted by Gasteiger charge is 2.29. The van der Waals surface area contributed by atoms with E-state index in [1.54, 1.807) is 0 Å². The van der Waals surface area contributed by atoms with Crippen molar-refractivity contribution < 1.29 is 15.3 Å². The molecular weight excluding hydrogens is 206 g/mol. The second kappa shape index (κ2) is 6.55. The van der Waals surface area contributed by atoms with Crippen molar-refractivity contribution in [1.82, 2.24) is 5.32 Å². The Bertz CT molecular complexity index is 178. The van der Waals surface area contributed by atoms with Gasteiger partial charge in [-0.25, -0.2) is 0 Å². The molecule has 4 nitrogen and oxygen atoms in total. The lowest BCUT2D eigenvalue weighted by molar-refractivity contribution is 0.0381. The monoisotopic (exact) mass is 231 g/mol. The molecule has 0 radical (unpaired) electrons. The zero-order valence-electron chi connectivity index (χ0n) is 10.2. The van der Waals surface area contributed by atoms with Gasteiger partial charge >= 0.3 is 0 Å². The van der Waals surface area contributed by atoms with Crippen LogP contribution in [0.3, 0.4) is 0 Å². The molecular formula is C12H25NO3. The molecule has 0 aromatic carbocycles. The topological polar surface area (TPSA) is 72.7 Å². The van der Waals surface area contributed by atoms with Gasteiger partial charge in [-0.05, 0) is 31.2 Å². The average Bonchev–Trinajstić information content (AvgIpc) is 2.34. The Kier molecular flexibility index (Phi) is 5.69. The van der Waals surface area contributed by atoms with Crippen LogP contribution < -0.4 is 5.32 Å². The van der Waals surface area contributed by atoms with Crippen molar-refractivity contribution in [2.75, 3.05) is 26.4 Å². The minimum Gasteiger partial charge on any atom is -0.394 e. The van der Waals surface area contributed by atoms with Crippen LogP contribution in [0.5, 0.6) is 0 Å². The second-order valence-corrected chi connectivity index (χ2v) is 5.26. The molecule has 0 aromatic heterocycles. The Hall–Kier alpha value is -0.160. The molecule has 1 saturated carbocycles. The summed E-state index contributed by atoms with van der Waals surface area (Å²) in [4.78, 5) is 0. The normalized spacial score (nSPS) is 27.0. The predicted octanol–water partition coefficient (Wildman–Crippen LogP) is 0.118. The molecule has 4 heteroatoms. The molecule has 0 saturated heterocycles. The van der Waals surface area contributed by atoms with Crippen molar-refractivity contribution in [1.29, 1.82) is 0 Å². The zero-order valence-corrected chi connectivity index (χ0v) is 10.2. The molecule has 0 spiro atoms. The fraction of sp³-hybridized carbons (Fsp3) is 1.00. The Morgan fingerprint density at radius 1 is 1.00 bits per heavy atom. The number of rotatable bonds is 6. The van der Waals surface area contributed by atoms with Crippen molar-refractivity contribution in [2.45, 2.75) is 38.1 Å². The fourth-order valence-electron chi connectivity index (χ4n) is 2.21. The molecule has 1 aliphatic carbocycles. The molecule has 16 heavy (non-hydrogen) atoms. The van der Waals surface area contributed by atoms with Gasteiger partial charge in [0.2, 0.25) is 0 Å². The third-order valence-corrected chi connectivity index (χ3v) is 3.81. The highest BCUT2D eigenvalue weighted by atomic mass is 16.3. The summed E-state index contributed by atoms with van der Waals surface area (Å²) in [5.41, 5.74) is -0.914. The van der Waals surface area contributed by atoms with Crippen LogP contribution >= 0.6 is 0 Å². The molecule has 0 bridgehead atoms. The molecule has 1 rings (SSSR count). The maximum absolute atomic E-state index is 9.17. The predicted molar refractivity (Wildman–Crippen MR) is 63.1 cm³/mol. The van der Waals surface area contributed by atoms with E-state index in [4.69, 9.17) is 15.3 Å². The van der Waals surface area contributed by atoms with Crippen molar-refractivity contribution in [3.05, 3.63) is 0 Å². The molecule has 96 valence electrons. The van der Waals surface area contributed by atoms with Gasteiger partial charge in [-0.15, -0.1) is 0 Å². The van der Waals surface area contributed by atoms with E-state index in [0.29, 0.717) is 5.92 Å². The third-order valence-electron chi connectivity index (χ3n) is 3.81. The van der Waals surface area contributed by atoms with Crippen LogP contribution in [0.1, 0.15) is 32.6 Å². The Morgan fingerprint density at radius 3 is 1.94 bits per heavy atom. The van der Waals surface area contributed by atoms with Crippen molar-refractivity contribution in [2.24, 2.45) is 11.8 Å². The van der Waals surface area contributed by atoms with Crippen LogP contribution in [-0.2, 0) is 0 Å². The summed E-state index contributed by atoms with van der Waals surface area (Å²) in [5.74, 6) is 1.44. The quantitative estimate of drug-likeness (QED) is 0.524. The number of hydrogen-bond donors (Lipinski definition) is 4. The van der Waals surface area contributed by atoms with Crippen LogP contribution in [-0.4, -0.2) is 47.2 Å². The van der Waals surface area contributed by atoms with Gasteiger partial charge < -0.3 is 20.6 Å². The van der Waals surface area contributed by atoms with Gasteiger partial charge in [0.1, 0.15) is 0 Å². The number of aliphatic hydroxyl groups is 3. The van der Waals surface area contributed by atoms with Gasteiger partial charge in [0.05, 0.1) is 25.4 Å². The Morgan fingerprint density at radius 2 is 1.50 bits per heavy atom. The Labute approximate surface area is 97.7 Å². The van der Waals surface area contributed by atoms with E-state index in [0.717, 1.165) is 12.5 Å². The van der Waals surface area contributed by atoms with Gasteiger partial charge in [-0.1, -0.05) is 19.8 Å². The molecule has 1 fully saturated rings. The lowest BCUT2D eigenvalue weighted by Crippen LogP contribution is -2.56. The summed E-state index contributed by atoms with van der Waals surface area (Å²) >= 11 is 0. The number of hydrogen-bond acceptors (Lipinski definition) is 4. The summed E-state index contributed by atoms with van der Waals surface area (Å²) in [6.07, 6.45) is 4.92. The third kappa shape index (κ3) is 3.70. The van der Waals surface area contributed by atoms with Gasteiger partial charge in [0.25, 0.3) is 0 Å². The first-order valence-corrected chi connectivity index (χ1v) is 6.23. The van der Waals surface area contributed by atoms with E-state index in [1.165, 1.54) is 25.7 Å². The second-order valence-electron chi connectivity index (χ2n) is 5.26. The van der Waals surface area contributed by atoms with Crippen LogP contribution in [0, 0.1) is 11.8 Å². The van der Waals surface area contributed by atoms with E-state index < -0.39 is 5.54 Å².